The van der Waals surface area contributed by atoms with Gasteiger partial charge < -0.3 is 10.1 Å². The highest BCUT2D eigenvalue weighted by Gasteiger charge is 2.23. The first kappa shape index (κ1) is 23.5. The summed E-state index contributed by atoms with van der Waals surface area (Å²) in [6, 6.07) is 15.6. The van der Waals surface area contributed by atoms with Crippen molar-refractivity contribution in [2.45, 2.75) is 31.7 Å². The Kier molecular flexibility index (Phi) is 7.32. The molecule has 1 heterocycles. The van der Waals surface area contributed by atoms with Crippen molar-refractivity contribution in [2.24, 2.45) is 0 Å². The second-order valence-corrected chi connectivity index (χ2v) is 9.12. The SMILES string of the molecule is CCN(CC)S(=O)(=O)c1ccc([C@@H](C)NC(=O)c2nn(-c3ccccc3)cc2OC)cc1. The van der Waals surface area contributed by atoms with Crippen molar-refractivity contribution in [1.29, 1.82) is 0 Å². The van der Waals surface area contributed by atoms with E-state index in [4.69, 9.17) is 4.74 Å². The highest BCUT2D eigenvalue weighted by atomic mass is 32.2. The number of carbonyl (C=O) groups excluding carboxylic acids is 1. The first-order valence-corrected chi connectivity index (χ1v) is 11.9. The van der Waals surface area contributed by atoms with Gasteiger partial charge in [0.1, 0.15) is 0 Å². The maximum Gasteiger partial charge on any atom is 0.276 e. The van der Waals surface area contributed by atoms with Gasteiger partial charge in [-0.3, -0.25) is 4.79 Å². The number of carbonyl (C=O) groups is 1. The van der Waals surface area contributed by atoms with Crippen LogP contribution in [0.25, 0.3) is 5.69 Å². The summed E-state index contributed by atoms with van der Waals surface area (Å²) in [6.07, 6.45) is 1.65. The molecule has 0 saturated carbocycles. The van der Waals surface area contributed by atoms with Crippen LogP contribution < -0.4 is 10.1 Å². The molecule has 2 aromatic carbocycles. The number of ether oxygens (including phenoxy) is 1. The molecule has 1 N–H and O–H groups in total. The number of hydrogen-bond acceptors (Lipinski definition) is 5. The zero-order chi connectivity index (χ0) is 23.3. The fourth-order valence-electron chi connectivity index (χ4n) is 3.37. The molecule has 0 aliphatic rings. The number of nitrogens with zero attached hydrogens (tertiary/aromatic N) is 3. The molecule has 3 aromatic rings. The number of sulfonamides is 1. The molecular weight excluding hydrogens is 428 g/mol. The number of aromatic nitrogens is 2. The van der Waals surface area contributed by atoms with Gasteiger partial charge in [0.15, 0.2) is 11.4 Å². The van der Waals surface area contributed by atoms with E-state index < -0.39 is 10.0 Å². The van der Waals surface area contributed by atoms with Crippen LogP contribution in [0.3, 0.4) is 0 Å². The maximum absolute atomic E-state index is 12.9. The third-order valence-electron chi connectivity index (χ3n) is 5.21. The van der Waals surface area contributed by atoms with E-state index in [0.29, 0.717) is 18.8 Å². The molecule has 9 heteroatoms. The van der Waals surface area contributed by atoms with Gasteiger partial charge >= 0.3 is 0 Å². The predicted molar refractivity (Wildman–Crippen MR) is 123 cm³/mol. The van der Waals surface area contributed by atoms with Crippen LogP contribution in [0.4, 0.5) is 0 Å². The molecule has 0 aliphatic carbocycles. The van der Waals surface area contributed by atoms with Gasteiger partial charge in [0.05, 0.1) is 29.9 Å². The molecule has 0 saturated heterocycles. The van der Waals surface area contributed by atoms with Crippen LogP contribution in [0.2, 0.25) is 0 Å². The Morgan fingerprint density at radius 2 is 1.72 bits per heavy atom. The Bertz CT molecular complexity index is 1150. The van der Waals surface area contributed by atoms with Crippen LogP contribution in [-0.2, 0) is 10.0 Å². The lowest BCUT2D eigenvalue weighted by Gasteiger charge is -2.19. The summed E-state index contributed by atoms with van der Waals surface area (Å²) < 4.78 is 33.7. The lowest BCUT2D eigenvalue weighted by Crippen LogP contribution is -2.30. The molecule has 8 nitrogen and oxygen atoms in total. The van der Waals surface area contributed by atoms with Crippen LogP contribution in [0.1, 0.15) is 42.9 Å². The quantitative estimate of drug-likeness (QED) is 0.533. The summed E-state index contributed by atoms with van der Waals surface area (Å²) in [5.41, 5.74) is 1.75. The van der Waals surface area contributed by atoms with Crippen LogP contribution in [0, 0.1) is 0 Å². The molecule has 0 bridgehead atoms. The summed E-state index contributed by atoms with van der Waals surface area (Å²) in [4.78, 5) is 13.1. The summed E-state index contributed by atoms with van der Waals surface area (Å²) in [5.74, 6) is -0.0249. The van der Waals surface area contributed by atoms with Gasteiger partial charge in [-0.25, -0.2) is 13.1 Å². The van der Waals surface area contributed by atoms with Crippen molar-refractivity contribution >= 4 is 15.9 Å². The number of rotatable bonds is 9. The minimum absolute atomic E-state index is 0.170. The molecule has 0 radical (unpaired) electrons. The van der Waals surface area contributed by atoms with E-state index >= 15 is 0 Å². The van der Waals surface area contributed by atoms with Gasteiger partial charge in [0, 0.05) is 13.1 Å². The van der Waals surface area contributed by atoms with Crippen LogP contribution in [-0.4, -0.2) is 48.6 Å². The average molecular weight is 457 g/mol. The normalized spacial score (nSPS) is 12.5. The third-order valence-corrected chi connectivity index (χ3v) is 7.27. The highest BCUT2D eigenvalue weighted by Crippen LogP contribution is 2.22. The maximum atomic E-state index is 12.9. The zero-order valence-corrected chi connectivity index (χ0v) is 19.5. The van der Waals surface area contributed by atoms with Crippen LogP contribution >= 0.6 is 0 Å². The second kappa shape index (κ2) is 9.97. The van der Waals surface area contributed by atoms with E-state index in [2.05, 4.69) is 10.4 Å². The lowest BCUT2D eigenvalue weighted by molar-refractivity contribution is 0.0931. The van der Waals surface area contributed by atoms with E-state index in [9.17, 15) is 13.2 Å². The number of amides is 1. The molecule has 1 aromatic heterocycles. The van der Waals surface area contributed by atoms with Gasteiger partial charge in [0.2, 0.25) is 10.0 Å². The molecule has 0 aliphatic heterocycles. The third kappa shape index (κ3) is 4.84. The van der Waals surface area contributed by atoms with Crippen molar-refractivity contribution < 1.29 is 17.9 Å². The first-order valence-electron chi connectivity index (χ1n) is 10.4. The molecule has 1 amide bonds. The molecule has 32 heavy (non-hydrogen) atoms. The average Bonchev–Trinajstić information content (AvgIpc) is 3.25. The number of para-hydroxylation sites is 1. The van der Waals surface area contributed by atoms with Crippen molar-refractivity contribution in [3.8, 4) is 11.4 Å². The van der Waals surface area contributed by atoms with Gasteiger partial charge in [0.25, 0.3) is 5.91 Å². The summed E-state index contributed by atoms with van der Waals surface area (Å²) in [6.45, 7) is 6.25. The highest BCUT2D eigenvalue weighted by molar-refractivity contribution is 7.89. The van der Waals surface area contributed by atoms with Crippen molar-refractivity contribution in [1.82, 2.24) is 19.4 Å². The lowest BCUT2D eigenvalue weighted by atomic mass is 10.1. The molecule has 0 fully saturated rings. The van der Waals surface area contributed by atoms with Crippen LogP contribution in [0.5, 0.6) is 5.75 Å². The molecule has 0 spiro atoms. The Hall–Kier alpha value is -3.17. The minimum atomic E-state index is -3.53. The smallest absolute Gasteiger partial charge is 0.276 e. The van der Waals surface area contributed by atoms with E-state index in [1.54, 1.807) is 49.0 Å². The van der Waals surface area contributed by atoms with Gasteiger partial charge in [-0.2, -0.15) is 9.40 Å². The number of benzene rings is 2. The summed E-state index contributed by atoms with van der Waals surface area (Å²) in [5, 5.41) is 7.28. The predicted octanol–water partition coefficient (Wildman–Crippen LogP) is 3.40. The Balaban J connectivity index is 1.77. The van der Waals surface area contributed by atoms with Gasteiger partial charge in [-0.1, -0.05) is 44.2 Å². The first-order chi connectivity index (χ1) is 15.3. The van der Waals surface area contributed by atoms with Gasteiger partial charge in [-0.05, 0) is 36.8 Å². The molecular formula is C23H28N4O4S. The molecule has 1 atom stereocenters. The molecule has 0 unspecified atom stereocenters. The van der Waals surface area contributed by atoms with E-state index in [1.165, 1.54) is 11.4 Å². The Morgan fingerprint density at radius 1 is 1.09 bits per heavy atom. The van der Waals surface area contributed by atoms with E-state index in [1.807, 2.05) is 37.3 Å². The fraction of sp³-hybridized carbons (Fsp3) is 0.304. The van der Waals surface area contributed by atoms with E-state index in [0.717, 1.165) is 11.3 Å². The Labute approximate surface area is 188 Å². The molecule has 3 rings (SSSR count). The fourth-order valence-corrected chi connectivity index (χ4v) is 4.83. The standard InChI is InChI=1S/C23H28N4O4S/c1-5-26(6-2)32(29,30)20-14-12-18(13-15-20)17(3)24-23(28)22-21(31-4)16-27(25-22)19-10-8-7-9-11-19/h7-17H,5-6H2,1-4H3,(H,24,28)/t17-/m1/s1. The Morgan fingerprint density at radius 3 is 2.28 bits per heavy atom. The van der Waals surface area contributed by atoms with Crippen molar-refractivity contribution in [2.75, 3.05) is 20.2 Å². The monoisotopic (exact) mass is 456 g/mol. The van der Waals surface area contributed by atoms with Crippen molar-refractivity contribution in [3.63, 3.8) is 0 Å². The summed E-state index contributed by atoms with van der Waals surface area (Å²) in [7, 11) is -2.04. The minimum Gasteiger partial charge on any atom is -0.493 e. The molecule has 170 valence electrons. The zero-order valence-electron chi connectivity index (χ0n) is 18.6. The second-order valence-electron chi connectivity index (χ2n) is 7.18. The number of nitrogens with one attached hydrogen (secondary N) is 1. The largest absolute Gasteiger partial charge is 0.493 e. The topological polar surface area (TPSA) is 93.5 Å². The van der Waals surface area contributed by atoms with Crippen LogP contribution in [0.15, 0.2) is 65.7 Å². The van der Waals surface area contributed by atoms with E-state index in [-0.39, 0.29) is 22.5 Å². The number of hydrogen-bond donors (Lipinski definition) is 1. The van der Waals surface area contributed by atoms with Gasteiger partial charge in [-0.15, -0.1) is 0 Å². The summed E-state index contributed by atoms with van der Waals surface area (Å²) >= 11 is 0. The van der Waals surface area contributed by atoms with Crippen molar-refractivity contribution in [3.05, 3.63) is 72.1 Å². The number of methoxy groups -OCH3 is 1.